The van der Waals surface area contributed by atoms with Crippen molar-refractivity contribution in [2.75, 3.05) is 0 Å². The molecule has 0 aliphatic heterocycles. The van der Waals surface area contributed by atoms with E-state index >= 15 is 0 Å². The Labute approximate surface area is 73.7 Å². The van der Waals surface area contributed by atoms with E-state index in [0.717, 1.165) is 9.28 Å². The highest BCUT2D eigenvalue weighted by atomic mass is 127. The van der Waals surface area contributed by atoms with E-state index in [4.69, 9.17) is 11.6 Å². The van der Waals surface area contributed by atoms with Crippen molar-refractivity contribution < 1.29 is 0 Å². The van der Waals surface area contributed by atoms with Crippen LogP contribution in [0.3, 0.4) is 0 Å². The van der Waals surface area contributed by atoms with Crippen molar-refractivity contribution in [3.8, 4) is 0 Å². The summed E-state index contributed by atoms with van der Waals surface area (Å²) in [5.74, 6) is 5.56. The van der Waals surface area contributed by atoms with Crippen molar-refractivity contribution in [1.29, 1.82) is 0 Å². The second kappa shape index (κ2) is 3.23. The molecule has 0 bridgehead atoms. The second-order valence-electron chi connectivity index (χ2n) is 2.36. The fourth-order valence-corrected chi connectivity index (χ4v) is 1.33. The average Bonchev–Trinajstić information content (AvgIpc) is 2.68. The zero-order chi connectivity index (χ0) is 7.56. The zero-order valence-electron chi connectivity index (χ0n) is 5.55. The average molecular weight is 251 g/mol. The minimum absolute atomic E-state index is 0.602. The van der Waals surface area contributed by atoms with E-state index in [1.165, 1.54) is 12.8 Å². The molecule has 1 rings (SSSR count). The number of halogens is 1. The molecule has 0 heterocycles. The smallest absolute Gasteiger partial charge is 0.0616 e. The van der Waals surface area contributed by atoms with Crippen LogP contribution >= 0.6 is 22.6 Å². The highest BCUT2D eigenvalue weighted by molar-refractivity contribution is 14.1. The van der Waals surface area contributed by atoms with Gasteiger partial charge in [0, 0.05) is 5.70 Å². The SMILES string of the molecule is NN=CC(I)=C(N)C1CC1. The molecule has 3 nitrogen and oxygen atoms in total. The van der Waals surface area contributed by atoms with Gasteiger partial charge in [-0.1, -0.05) is 0 Å². The standard InChI is InChI=1S/C6H10IN3/c7-5(3-10-9)6(8)4-1-2-4/h3-4H,1-2,8-9H2. The lowest BCUT2D eigenvalue weighted by Crippen LogP contribution is -2.02. The molecule has 0 radical (unpaired) electrons. The summed E-state index contributed by atoms with van der Waals surface area (Å²) in [6.45, 7) is 0. The molecule has 10 heavy (non-hydrogen) atoms. The van der Waals surface area contributed by atoms with Gasteiger partial charge in [-0.15, -0.1) is 0 Å². The van der Waals surface area contributed by atoms with Crippen LogP contribution in [0.5, 0.6) is 0 Å². The van der Waals surface area contributed by atoms with Crippen LogP contribution < -0.4 is 11.6 Å². The Morgan fingerprint density at radius 1 is 1.60 bits per heavy atom. The quantitative estimate of drug-likeness (QED) is 0.332. The maximum Gasteiger partial charge on any atom is 0.0616 e. The maximum atomic E-state index is 5.73. The molecule has 0 spiro atoms. The number of hydrazone groups is 1. The van der Waals surface area contributed by atoms with Gasteiger partial charge in [0.05, 0.1) is 9.79 Å². The molecule has 1 aliphatic carbocycles. The van der Waals surface area contributed by atoms with Crippen LogP contribution in [0, 0.1) is 5.92 Å². The van der Waals surface area contributed by atoms with E-state index in [2.05, 4.69) is 27.7 Å². The van der Waals surface area contributed by atoms with Gasteiger partial charge >= 0.3 is 0 Å². The van der Waals surface area contributed by atoms with E-state index in [9.17, 15) is 0 Å². The minimum atomic E-state index is 0.602. The number of nitrogens with zero attached hydrogens (tertiary/aromatic N) is 1. The Morgan fingerprint density at radius 3 is 2.60 bits per heavy atom. The van der Waals surface area contributed by atoms with Gasteiger partial charge in [-0.3, -0.25) is 0 Å². The van der Waals surface area contributed by atoms with Gasteiger partial charge in [0.1, 0.15) is 0 Å². The fraction of sp³-hybridized carbons (Fsp3) is 0.500. The molecule has 1 saturated carbocycles. The Morgan fingerprint density at radius 2 is 2.20 bits per heavy atom. The zero-order valence-corrected chi connectivity index (χ0v) is 7.71. The van der Waals surface area contributed by atoms with E-state index in [-0.39, 0.29) is 0 Å². The lowest BCUT2D eigenvalue weighted by molar-refractivity contribution is 0.982. The summed E-state index contributed by atoms with van der Waals surface area (Å²) in [6.07, 6.45) is 4.03. The lowest BCUT2D eigenvalue weighted by Gasteiger charge is -1.96. The van der Waals surface area contributed by atoms with E-state index in [0.29, 0.717) is 5.92 Å². The number of nitrogens with two attached hydrogens (primary N) is 2. The Hall–Kier alpha value is -0.260. The molecule has 0 aromatic heterocycles. The van der Waals surface area contributed by atoms with Crippen LogP contribution in [0.2, 0.25) is 0 Å². The number of hydrogen-bond acceptors (Lipinski definition) is 3. The first-order chi connectivity index (χ1) is 4.75. The third kappa shape index (κ3) is 1.86. The molecule has 0 aromatic rings. The molecule has 1 fully saturated rings. The first-order valence-corrected chi connectivity index (χ1v) is 4.22. The van der Waals surface area contributed by atoms with E-state index in [1.54, 1.807) is 6.21 Å². The van der Waals surface area contributed by atoms with Crippen molar-refractivity contribution in [3.63, 3.8) is 0 Å². The monoisotopic (exact) mass is 251 g/mol. The van der Waals surface area contributed by atoms with Gasteiger partial charge in [-0.25, -0.2) is 0 Å². The summed E-state index contributed by atoms with van der Waals surface area (Å²) < 4.78 is 0.975. The number of hydrogen-bond donors (Lipinski definition) is 2. The molecule has 0 unspecified atom stereocenters. The first kappa shape index (κ1) is 7.84. The molecule has 1 aliphatic rings. The van der Waals surface area contributed by atoms with Crippen LogP contribution in [0.4, 0.5) is 0 Å². The number of allylic oxidation sites excluding steroid dienone is 2. The second-order valence-corrected chi connectivity index (χ2v) is 3.52. The van der Waals surface area contributed by atoms with Gasteiger partial charge in [-0.05, 0) is 41.4 Å². The van der Waals surface area contributed by atoms with Crippen LogP contribution in [0.15, 0.2) is 14.4 Å². The predicted molar refractivity (Wildman–Crippen MR) is 50.6 cm³/mol. The van der Waals surface area contributed by atoms with Crippen molar-refractivity contribution in [2.45, 2.75) is 12.8 Å². The van der Waals surface area contributed by atoms with E-state index in [1.807, 2.05) is 0 Å². The third-order valence-corrected chi connectivity index (χ3v) is 2.38. The topological polar surface area (TPSA) is 64.4 Å². The Bertz CT molecular complexity index is 181. The molecule has 0 saturated heterocycles. The minimum Gasteiger partial charge on any atom is -0.401 e. The predicted octanol–water partition coefficient (Wildman–Crippen LogP) is 0.946. The Balaban J connectivity index is 2.61. The normalized spacial score (nSPS) is 21.3. The van der Waals surface area contributed by atoms with Crippen molar-refractivity contribution in [2.24, 2.45) is 22.6 Å². The third-order valence-electron chi connectivity index (χ3n) is 1.48. The highest BCUT2D eigenvalue weighted by Crippen LogP contribution is 2.35. The molecule has 4 heteroatoms. The highest BCUT2D eigenvalue weighted by Gasteiger charge is 2.25. The number of rotatable bonds is 2. The largest absolute Gasteiger partial charge is 0.401 e. The van der Waals surface area contributed by atoms with Crippen LogP contribution in [-0.4, -0.2) is 6.21 Å². The van der Waals surface area contributed by atoms with E-state index < -0.39 is 0 Å². The first-order valence-electron chi connectivity index (χ1n) is 3.14. The summed E-state index contributed by atoms with van der Waals surface area (Å²) in [5.41, 5.74) is 6.67. The summed E-state index contributed by atoms with van der Waals surface area (Å²) in [7, 11) is 0. The summed E-state index contributed by atoms with van der Waals surface area (Å²) in [6, 6.07) is 0. The lowest BCUT2D eigenvalue weighted by atomic mass is 10.3. The molecular formula is C6H10IN3. The van der Waals surface area contributed by atoms with Gasteiger partial charge in [0.2, 0.25) is 0 Å². The molecule has 56 valence electrons. The maximum absolute atomic E-state index is 5.73. The van der Waals surface area contributed by atoms with Crippen molar-refractivity contribution in [3.05, 3.63) is 9.28 Å². The summed E-state index contributed by atoms with van der Waals surface area (Å²) in [4.78, 5) is 0. The van der Waals surface area contributed by atoms with Crippen molar-refractivity contribution >= 4 is 28.8 Å². The fourth-order valence-electron chi connectivity index (χ4n) is 0.729. The van der Waals surface area contributed by atoms with Gasteiger partial charge < -0.3 is 11.6 Å². The molecule has 0 aromatic carbocycles. The van der Waals surface area contributed by atoms with Gasteiger partial charge in [-0.2, -0.15) is 5.10 Å². The van der Waals surface area contributed by atoms with Crippen molar-refractivity contribution in [1.82, 2.24) is 0 Å². The Kier molecular flexibility index (Phi) is 2.53. The summed E-state index contributed by atoms with van der Waals surface area (Å²) in [5, 5.41) is 3.40. The van der Waals surface area contributed by atoms with Crippen LogP contribution in [-0.2, 0) is 0 Å². The molecule has 0 atom stereocenters. The van der Waals surface area contributed by atoms with Crippen LogP contribution in [0.25, 0.3) is 0 Å². The molecular weight excluding hydrogens is 241 g/mol. The molecule has 4 N–H and O–H groups in total. The summed E-state index contributed by atoms with van der Waals surface area (Å²) >= 11 is 2.15. The van der Waals surface area contributed by atoms with Gasteiger partial charge in [0.15, 0.2) is 0 Å². The van der Waals surface area contributed by atoms with Crippen LogP contribution in [0.1, 0.15) is 12.8 Å². The molecule has 0 amide bonds. The van der Waals surface area contributed by atoms with Gasteiger partial charge in [0.25, 0.3) is 0 Å².